The number of rotatable bonds is 1. The van der Waals surface area contributed by atoms with Crippen LogP contribution in [0.1, 0.15) is 0 Å². The average Bonchev–Trinajstić information content (AvgIpc) is 1.90. The zero-order valence-electron chi connectivity index (χ0n) is 5.07. The van der Waals surface area contributed by atoms with Gasteiger partial charge in [0.05, 0.1) is 5.03 Å². The molecule has 0 atom stereocenters. The summed E-state index contributed by atoms with van der Waals surface area (Å²) in [5.74, 6) is 0. The molecule has 42 valence electrons. The van der Waals surface area contributed by atoms with E-state index in [1.165, 1.54) is 0 Å². The molecule has 0 amide bonds. The van der Waals surface area contributed by atoms with Gasteiger partial charge in [0.15, 0.2) is 0 Å². The molecule has 9 heavy (non-hydrogen) atoms. The Bertz CT molecular complexity index is 158. The van der Waals surface area contributed by atoms with Gasteiger partial charge in [-0.15, -0.1) is 0 Å². The van der Waals surface area contributed by atoms with Crippen LogP contribution >= 0.6 is 12.0 Å². The molecule has 0 aromatic carbocycles. The van der Waals surface area contributed by atoms with Crippen LogP contribution in [0.5, 0.6) is 0 Å². The van der Waals surface area contributed by atoms with Gasteiger partial charge in [0.1, 0.15) is 0 Å². The first-order chi connectivity index (χ1) is 3.93. The monoisotopic (exact) mass is 149 g/mol. The molecule has 0 aliphatic rings. The van der Waals surface area contributed by atoms with Crippen LogP contribution in [0.3, 0.4) is 0 Å². The molecular formula is C5H4NNaOS. The Morgan fingerprint density at radius 3 is 2.56 bits per heavy atom. The smallest absolute Gasteiger partial charge is 0.794 e. The minimum Gasteiger partial charge on any atom is -0.794 e. The number of aromatic nitrogens is 1. The third-order valence-electron chi connectivity index (χ3n) is 0.723. The molecule has 1 aromatic rings. The van der Waals surface area contributed by atoms with Crippen molar-refractivity contribution < 1.29 is 34.1 Å². The van der Waals surface area contributed by atoms with Crippen LogP contribution in [0, 0.1) is 0 Å². The molecule has 0 fully saturated rings. The summed E-state index contributed by atoms with van der Waals surface area (Å²) in [6, 6.07) is 5.24. The average molecular weight is 149 g/mol. The first-order valence-electron chi connectivity index (χ1n) is 2.14. The van der Waals surface area contributed by atoms with E-state index >= 15 is 0 Å². The second-order valence-corrected chi connectivity index (χ2v) is 1.84. The van der Waals surface area contributed by atoms with Crippen molar-refractivity contribution in [3.05, 3.63) is 24.4 Å². The van der Waals surface area contributed by atoms with E-state index in [1.807, 2.05) is 0 Å². The fraction of sp³-hybridized carbons (Fsp3) is 0. The van der Waals surface area contributed by atoms with Crippen LogP contribution in [-0.2, 0) is 0 Å². The number of nitrogens with zero attached hydrogens (tertiary/aromatic N) is 1. The van der Waals surface area contributed by atoms with E-state index in [-0.39, 0.29) is 29.6 Å². The first kappa shape index (κ1) is 9.46. The molecule has 0 bridgehead atoms. The predicted molar refractivity (Wildman–Crippen MR) is 30.9 cm³/mol. The molecule has 0 spiro atoms. The standard InChI is InChI=1S/C5H5NOS.Na/c7-8-5-3-1-2-4-6-5;/h1-4,7H;/q;+1/p-1. The third kappa shape index (κ3) is 3.23. The Morgan fingerprint density at radius 1 is 1.44 bits per heavy atom. The summed E-state index contributed by atoms with van der Waals surface area (Å²) in [4.78, 5) is 3.75. The first-order valence-corrected chi connectivity index (χ1v) is 2.88. The second kappa shape index (κ2) is 5.26. The van der Waals surface area contributed by atoms with Crippen molar-refractivity contribution >= 4 is 12.0 Å². The van der Waals surface area contributed by atoms with Gasteiger partial charge in [0.25, 0.3) is 0 Å². The van der Waals surface area contributed by atoms with Crippen molar-refractivity contribution in [1.82, 2.24) is 4.98 Å². The van der Waals surface area contributed by atoms with Gasteiger partial charge in [-0.1, -0.05) is 6.07 Å². The molecule has 0 aliphatic carbocycles. The maximum Gasteiger partial charge on any atom is 1.00 e. The maximum absolute atomic E-state index is 9.99. The topological polar surface area (TPSA) is 36.0 Å². The number of hydrogen-bond acceptors (Lipinski definition) is 3. The molecule has 0 unspecified atom stereocenters. The van der Waals surface area contributed by atoms with Crippen LogP contribution in [0.25, 0.3) is 0 Å². The summed E-state index contributed by atoms with van der Waals surface area (Å²) in [6.07, 6.45) is 1.60. The molecule has 0 saturated heterocycles. The van der Waals surface area contributed by atoms with Gasteiger partial charge in [0, 0.05) is 6.20 Å². The van der Waals surface area contributed by atoms with E-state index in [9.17, 15) is 4.55 Å². The molecule has 1 aromatic heterocycles. The van der Waals surface area contributed by atoms with Crippen LogP contribution in [0.15, 0.2) is 29.4 Å². The van der Waals surface area contributed by atoms with Crippen molar-refractivity contribution in [1.29, 1.82) is 0 Å². The van der Waals surface area contributed by atoms with E-state index in [0.29, 0.717) is 17.1 Å². The molecule has 1 heterocycles. The number of hydrogen-bond donors (Lipinski definition) is 0. The summed E-state index contributed by atoms with van der Waals surface area (Å²) in [5.41, 5.74) is 0. The minimum absolute atomic E-state index is 0. The largest absolute Gasteiger partial charge is 1.00 e. The summed E-state index contributed by atoms with van der Waals surface area (Å²) < 4.78 is 9.99. The Kier molecular flexibility index (Phi) is 5.53. The molecule has 2 nitrogen and oxygen atoms in total. The van der Waals surface area contributed by atoms with Crippen molar-refractivity contribution in [3.8, 4) is 0 Å². The molecule has 1 rings (SSSR count). The van der Waals surface area contributed by atoms with Gasteiger partial charge < -0.3 is 4.55 Å². The zero-order valence-corrected chi connectivity index (χ0v) is 7.89. The van der Waals surface area contributed by atoms with Gasteiger partial charge in [-0.3, -0.25) is 4.98 Å². The Balaban J connectivity index is 0.000000640. The Labute approximate surface area is 80.2 Å². The van der Waals surface area contributed by atoms with Crippen molar-refractivity contribution in [2.45, 2.75) is 5.03 Å². The third-order valence-corrected chi connectivity index (χ3v) is 1.14. The predicted octanol–water partition coefficient (Wildman–Crippen LogP) is -1.69. The zero-order chi connectivity index (χ0) is 5.82. The SMILES string of the molecule is [Na+].[O-]Sc1ccccn1. The van der Waals surface area contributed by atoms with Crippen LogP contribution < -0.4 is 29.6 Å². The van der Waals surface area contributed by atoms with Crippen LogP contribution in [0.4, 0.5) is 0 Å². The molecule has 0 N–H and O–H groups in total. The van der Waals surface area contributed by atoms with E-state index in [0.717, 1.165) is 0 Å². The van der Waals surface area contributed by atoms with E-state index in [1.54, 1.807) is 24.4 Å². The normalized spacial score (nSPS) is 8.11. The van der Waals surface area contributed by atoms with E-state index in [4.69, 9.17) is 0 Å². The number of pyridine rings is 1. The van der Waals surface area contributed by atoms with E-state index in [2.05, 4.69) is 4.98 Å². The molecule has 0 aliphatic heterocycles. The van der Waals surface area contributed by atoms with Gasteiger partial charge in [-0.25, -0.2) is 12.0 Å². The fourth-order valence-corrected chi connectivity index (χ4v) is 0.634. The second-order valence-electron chi connectivity index (χ2n) is 1.25. The van der Waals surface area contributed by atoms with Gasteiger partial charge in [0.2, 0.25) is 0 Å². The van der Waals surface area contributed by atoms with Crippen LogP contribution in [-0.4, -0.2) is 9.54 Å². The van der Waals surface area contributed by atoms with Gasteiger partial charge in [-0.2, -0.15) is 0 Å². The summed E-state index contributed by atoms with van der Waals surface area (Å²) in [7, 11) is 0. The van der Waals surface area contributed by atoms with E-state index < -0.39 is 0 Å². The summed E-state index contributed by atoms with van der Waals surface area (Å²) >= 11 is 0.408. The summed E-state index contributed by atoms with van der Waals surface area (Å²) in [6.45, 7) is 0. The molecule has 0 saturated carbocycles. The minimum atomic E-state index is 0. The molecular weight excluding hydrogens is 145 g/mol. The quantitative estimate of drug-likeness (QED) is 0.353. The summed E-state index contributed by atoms with van der Waals surface area (Å²) in [5, 5.41) is 0.521. The van der Waals surface area contributed by atoms with Gasteiger partial charge in [-0.05, 0) is 12.1 Å². The Morgan fingerprint density at radius 2 is 2.22 bits per heavy atom. The van der Waals surface area contributed by atoms with Gasteiger partial charge >= 0.3 is 29.6 Å². The van der Waals surface area contributed by atoms with Crippen molar-refractivity contribution in [2.24, 2.45) is 0 Å². The molecule has 4 heteroatoms. The molecule has 0 radical (unpaired) electrons. The van der Waals surface area contributed by atoms with Crippen molar-refractivity contribution in [2.75, 3.05) is 0 Å². The van der Waals surface area contributed by atoms with Crippen molar-refractivity contribution in [3.63, 3.8) is 0 Å². The maximum atomic E-state index is 9.99. The fourth-order valence-electron chi connectivity index (χ4n) is 0.396. The van der Waals surface area contributed by atoms with Crippen LogP contribution in [0.2, 0.25) is 0 Å². The Hall–Kier alpha value is 0.460.